The van der Waals surface area contributed by atoms with Crippen molar-refractivity contribution in [3.05, 3.63) is 132 Å². The van der Waals surface area contributed by atoms with Crippen LogP contribution in [0.4, 0.5) is 0 Å². The minimum atomic E-state index is -0.645. The Hall–Kier alpha value is -2.85. The molecule has 0 bridgehead atoms. The summed E-state index contributed by atoms with van der Waals surface area (Å²) >= 11 is 0. The summed E-state index contributed by atoms with van der Waals surface area (Å²) in [5.41, 5.74) is 3.00. The largest absolute Gasteiger partial charge is 0.245 e. The second kappa shape index (κ2) is 11.3. The Bertz CT molecular complexity index is 1230. The van der Waals surface area contributed by atoms with Crippen LogP contribution in [-0.4, -0.2) is 17.1 Å². The third-order valence-electron chi connectivity index (χ3n) is 6.71. The summed E-state index contributed by atoms with van der Waals surface area (Å²) in [6.45, 7) is 2.35. The number of hydrogen-bond donors (Lipinski definition) is 0. The summed E-state index contributed by atoms with van der Waals surface area (Å²) in [5.74, 6) is 0. The van der Waals surface area contributed by atoms with Gasteiger partial charge in [-0.05, 0) is 67.4 Å². The van der Waals surface area contributed by atoms with E-state index in [1.54, 1.807) is 10.9 Å². The second-order valence-corrected chi connectivity index (χ2v) is 13.4. The predicted octanol–water partition coefficient (Wildman–Crippen LogP) is 6.71. The van der Waals surface area contributed by atoms with Crippen LogP contribution in [0.5, 0.6) is 0 Å². The Morgan fingerprint density at radius 1 is 0.571 bits per heavy atom. The molecule has 5 rings (SSSR count). The van der Waals surface area contributed by atoms with E-state index in [4.69, 9.17) is 0 Å². The van der Waals surface area contributed by atoms with Crippen LogP contribution in [0.15, 0.2) is 132 Å². The molecule has 4 aromatic rings. The Labute approximate surface area is 212 Å². The van der Waals surface area contributed by atoms with Gasteiger partial charge in [0.1, 0.15) is 7.05 Å². The van der Waals surface area contributed by atoms with Crippen molar-refractivity contribution in [2.24, 2.45) is 0 Å². The van der Waals surface area contributed by atoms with Gasteiger partial charge in [-0.25, -0.2) is 4.35 Å². The highest BCUT2D eigenvalue weighted by Crippen LogP contribution is 2.51. The SMILES string of the molecule is C/C(C1=C(P(c2ccccc2)c2ccccc2)CCC1)=[N+](\C)P(c1ccccc1)c1ccccc1. The Kier molecular flexibility index (Phi) is 7.68. The van der Waals surface area contributed by atoms with Crippen LogP contribution in [0, 0.1) is 0 Å². The van der Waals surface area contributed by atoms with E-state index in [0.29, 0.717) is 0 Å². The molecular formula is C32H32NP2+. The van der Waals surface area contributed by atoms with Gasteiger partial charge in [0.2, 0.25) is 8.07 Å². The van der Waals surface area contributed by atoms with Crippen molar-refractivity contribution in [1.29, 1.82) is 0 Å². The van der Waals surface area contributed by atoms with E-state index >= 15 is 0 Å². The van der Waals surface area contributed by atoms with E-state index in [0.717, 1.165) is 6.42 Å². The number of benzene rings is 4. The fourth-order valence-electron chi connectivity index (χ4n) is 4.96. The maximum absolute atomic E-state index is 2.57. The van der Waals surface area contributed by atoms with E-state index < -0.39 is 16.0 Å². The number of hydrogen-bond acceptors (Lipinski definition) is 0. The molecule has 35 heavy (non-hydrogen) atoms. The molecule has 4 aromatic carbocycles. The van der Waals surface area contributed by atoms with Crippen molar-refractivity contribution in [2.75, 3.05) is 7.05 Å². The van der Waals surface area contributed by atoms with E-state index in [1.165, 1.54) is 39.8 Å². The van der Waals surface area contributed by atoms with Crippen LogP contribution in [0.25, 0.3) is 0 Å². The average Bonchev–Trinajstić information content (AvgIpc) is 3.40. The summed E-state index contributed by atoms with van der Waals surface area (Å²) < 4.78 is 2.57. The molecule has 0 heterocycles. The molecule has 1 aliphatic carbocycles. The quantitative estimate of drug-likeness (QED) is 0.199. The third kappa shape index (κ3) is 5.23. The van der Waals surface area contributed by atoms with Crippen molar-refractivity contribution in [2.45, 2.75) is 26.2 Å². The van der Waals surface area contributed by atoms with Crippen LogP contribution in [0.1, 0.15) is 26.2 Å². The van der Waals surface area contributed by atoms with Crippen molar-refractivity contribution in [3.8, 4) is 0 Å². The molecule has 0 spiro atoms. The molecule has 0 aliphatic heterocycles. The molecular weight excluding hydrogens is 460 g/mol. The minimum absolute atomic E-state index is 0.537. The molecule has 0 N–H and O–H groups in total. The van der Waals surface area contributed by atoms with Gasteiger partial charge in [0.15, 0.2) is 5.71 Å². The van der Waals surface area contributed by atoms with Gasteiger partial charge in [0.05, 0.1) is 0 Å². The van der Waals surface area contributed by atoms with Gasteiger partial charge in [0, 0.05) is 23.1 Å². The van der Waals surface area contributed by atoms with Crippen molar-refractivity contribution in [1.82, 2.24) is 0 Å². The molecule has 174 valence electrons. The first-order valence-corrected chi connectivity index (χ1v) is 15.0. The van der Waals surface area contributed by atoms with Gasteiger partial charge >= 0.3 is 0 Å². The number of nitrogens with zero attached hydrogens (tertiary/aromatic N) is 1. The van der Waals surface area contributed by atoms with Gasteiger partial charge in [-0.15, -0.1) is 0 Å². The molecule has 0 amide bonds. The Morgan fingerprint density at radius 2 is 0.971 bits per heavy atom. The molecule has 0 saturated heterocycles. The molecule has 0 fully saturated rings. The number of allylic oxidation sites excluding steroid dienone is 2. The molecule has 0 atom stereocenters. The lowest BCUT2D eigenvalue weighted by Crippen LogP contribution is -2.24. The standard InChI is InChI=1S/C32H32NP2/c1-26(33(2)35(29-20-11-5-12-21-29)30-22-13-6-14-23-30)31-24-15-25-32(31)34(27-16-7-3-8-17-27)28-18-9-4-10-19-28/h3-14,16-23H,15,24-25H2,1-2H3/q+1/b33-26-. The van der Waals surface area contributed by atoms with E-state index in [1.807, 2.05) is 0 Å². The van der Waals surface area contributed by atoms with E-state index in [9.17, 15) is 0 Å². The summed E-state index contributed by atoms with van der Waals surface area (Å²) in [7, 11) is 1.12. The maximum Gasteiger partial charge on any atom is 0.245 e. The summed E-state index contributed by atoms with van der Waals surface area (Å²) in [6, 6.07) is 44.3. The van der Waals surface area contributed by atoms with Crippen LogP contribution < -0.4 is 21.2 Å². The highest BCUT2D eigenvalue weighted by molar-refractivity contribution is 7.76. The summed E-state index contributed by atoms with van der Waals surface area (Å²) in [4.78, 5) is 0. The first-order chi connectivity index (χ1) is 17.2. The summed E-state index contributed by atoms with van der Waals surface area (Å²) in [5, 5.41) is 7.34. The zero-order chi connectivity index (χ0) is 24.0. The lowest BCUT2D eigenvalue weighted by Gasteiger charge is -2.22. The van der Waals surface area contributed by atoms with Crippen LogP contribution in [0.3, 0.4) is 0 Å². The minimum Gasteiger partial charge on any atom is -0.214 e. The second-order valence-electron chi connectivity index (χ2n) is 8.88. The van der Waals surface area contributed by atoms with E-state index in [2.05, 4.69) is 140 Å². The normalized spacial score (nSPS) is 14.5. The van der Waals surface area contributed by atoms with Crippen LogP contribution in [0.2, 0.25) is 0 Å². The maximum atomic E-state index is 2.57. The molecule has 0 saturated carbocycles. The monoisotopic (exact) mass is 492 g/mol. The Morgan fingerprint density at radius 3 is 1.40 bits per heavy atom. The first-order valence-electron chi connectivity index (χ1n) is 12.3. The van der Waals surface area contributed by atoms with Crippen molar-refractivity contribution in [3.63, 3.8) is 0 Å². The zero-order valence-electron chi connectivity index (χ0n) is 20.5. The van der Waals surface area contributed by atoms with Crippen LogP contribution in [-0.2, 0) is 0 Å². The van der Waals surface area contributed by atoms with Crippen molar-refractivity contribution < 1.29 is 4.35 Å². The lowest BCUT2D eigenvalue weighted by atomic mass is 10.1. The molecule has 1 aliphatic rings. The topological polar surface area (TPSA) is 3.01 Å². The lowest BCUT2D eigenvalue weighted by molar-refractivity contribution is -0.320. The smallest absolute Gasteiger partial charge is 0.214 e. The Balaban J connectivity index is 1.66. The average molecular weight is 493 g/mol. The first kappa shape index (κ1) is 23.9. The molecule has 1 nitrogen and oxygen atoms in total. The molecule has 0 aromatic heterocycles. The van der Waals surface area contributed by atoms with Crippen molar-refractivity contribution >= 4 is 42.9 Å². The zero-order valence-corrected chi connectivity index (χ0v) is 22.3. The van der Waals surface area contributed by atoms with Gasteiger partial charge < -0.3 is 0 Å². The predicted molar refractivity (Wildman–Crippen MR) is 156 cm³/mol. The van der Waals surface area contributed by atoms with Gasteiger partial charge in [-0.2, -0.15) is 0 Å². The van der Waals surface area contributed by atoms with Gasteiger partial charge in [0.25, 0.3) is 0 Å². The molecule has 3 heteroatoms. The van der Waals surface area contributed by atoms with Gasteiger partial charge in [-0.1, -0.05) is 97.1 Å². The van der Waals surface area contributed by atoms with E-state index in [-0.39, 0.29) is 0 Å². The summed E-state index contributed by atoms with van der Waals surface area (Å²) in [6.07, 6.45) is 3.59. The highest BCUT2D eigenvalue weighted by Gasteiger charge is 2.32. The van der Waals surface area contributed by atoms with Crippen LogP contribution >= 0.6 is 16.0 Å². The third-order valence-corrected chi connectivity index (χ3v) is 11.8. The highest BCUT2D eigenvalue weighted by atomic mass is 31.1. The fraction of sp³-hybridized carbons (Fsp3) is 0.156. The number of rotatable bonds is 7. The molecule has 0 radical (unpaired) electrons. The molecule has 0 unspecified atom stereocenters. The fourth-order valence-corrected chi connectivity index (χ4v) is 10.1. The van der Waals surface area contributed by atoms with Gasteiger partial charge in [-0.3, -0.25) is 0 Å².